The minimum atomic E-state index is -0.501. The van der Waals surface area contributed by atoms with Crippen molar-refractivity contribution in [1.82, 2.24) is 14.8 Å². The predicted octanol–water partition coefficient (Wildman–Crippen LogP) is 3.85. The highest BCUT2D eigenvalue weighted by atomic mass is 32.2. The van der Waals surface area contributed by atoms with Gasteiger partial charge in [0.2, 0.25) is 0 Å². The quantitative estimate of drug-likeness (QED) is 0.697. The van der Waals surface area contributed by atoms with E-state index in [0.29, 0.717) is 5.75 Å². The molecule has 2 aromatic heterocycles. The SMILES string of the molecule is CCn1c(SCC(O)c2ccccc2)nnc1-c1cccs1. The van der Waals surface area contributed by atoms with Crippen LogP contribution in [0.25, 0.3) is 10.7 Å². The molecule has 0 amide bonds. The number of nitrogens with zero attached hydrogens (tertiary/aromatic N) is 3. The van der Waals surface area contributed by atoms with Crippen molar-refractivity contribution in [3.05, 3.63) is 53.4 Å². The Kier molecular flexibility index (Phi) is 4.92. The molecule has 114 valence electrons. The first kappa shape index (κ1) is 15.3. The third-order valence-corrected chi connectivity index (χ3v) is 5.24. The number of thiophene rings is 1. The van der Waals surface area contributed by atoms with E-state index >= 15 is 0 Å². The van der Waals surface area contributed by atoms with Gasteiger partial charge in [-0.25, -0.2) is 0 Å². The molecule has 0 spiro atoms. The average Bonchev–Trinajstić information content (AvgIpc) is 3.22. The molecular weight excluding hydrogens is 314 g/mol. The Bertz CT molecular complexity index is 710. The molecule has 22 heavy (non-hydrogen) atoms. The molecule has 0 fully saturated rings. The summed E-state index contributed by atoms with van der Waals surface area (Å²) in [4.78, 5) is 1.12. The molecular formula is C16H17N3OS2. The summed E-state index contributed by atoms with van der Waals surface area (Å²) >= 11 is 3.19. The van der Waals surface area contributed by atoms with Crippen molar-refractivity contribution in [2.75, 3.05) is 5.75 Å². The van der Waals surface area contributed by atoms with E-state index in [4.69, 9.17) is 0 Å². The van der Waals surface area contributed by atoms with Crippen molar-refractivity contribution in [3.8, 4) is 10.7 Å². The van der Waals surface area contributed by atoms with E-state index in [1.54, 1.807) is 11.3 Å². The Balaban J connectivity index is 1.73. The van der Waals surface area contributed by atoms with Gasteiger partial charge in [-0.15, -0.1) is 21.5 Å². The summed E-state index contributed by atoms with van der Waals surface area (Å²) in [5, 5.41) is 21.7. The molecule has 0 aliphatic heterocycles. The van der Waals surface area contributed by atoms with E-state index in [0.717, 1.165) is 28.0 Å². The highest BCUT2D eigenvalue weighted by Gasteiger charge is 2.15. The van der Waals surface area contributed by atoms with Crippen LogP contribution in [0.1, 0.15) is 18.6 Å². The highest BCUT2D eigenvalue weighted by Crippen LogP contribution is 2.29. The first-order valence-electron chi connectivity index (χ1n) is 7.12. The second-order valence-electron chi connectivity index (χ2n) is 4.77. The van der Waals surface area contributed by atoms with Gasteiger partial charge in [0.1, 0.15) is 0 Å². The smallest absolute Gasteiger partial charge is 0.191 e. The van der Waals surface area contributed by atoms with Crippen LogP contribution in [0.2, 0.25) is 0 Å². The molecule has 0 aliphatic rings. The van der Waals surface area contributed by atoms with E-state index < -0.39 is 6.10 Å². The van der Waals surface area contributed by atoms with Gasteiger partial charge in [0.15, 0.2) is 11.0 Å². The molecule has 1 N–H and O–H groups in total. The molecule has 6 heteroatoms. The van der Waals surface area contributed by atoms with Crippen LogP contribution in [-0.2, 0) is 6.54 Å². The summed E-state index contributed by atoms with van der Waals surface area (Å²) in [6.07, 6.45) is -0.501. The van der Waals surface area contributed by atoms with Crippen LogP contribution in [0.15, 0.2) is 53.0 Å². The Morgan fingerprint density at radius 2 is 2.00 bits per heavy atom. The Labute approximate surface area is 137 Å². The molecule has 4 nitrogen and oxygen atoms in total. The summed E-state index contributed by atoms with van der Waals surface area (Å²) in [5.74, 6) is 1.46. The summed E-state index contributed by atoms with van der Waals surface area (Å²) in [7, 11) is 0. The summed E-state index contributed by atoms with van der Waals surface area (Å²) in [6, 6.07) is 13.8. The second kappa shape index (κ2) is 7.09. The van der Waals surface area contributed by atoms with Gasteiger partial charge >= 0.3 is 0 Å². The van der Waals surface area contributed by atoms with Crippen molar-refractivity contribution in [2.45, 2.75) is 24.7 Å². The zero-order valence-corrected chi connectivity index (χ0v) is 13.8. The van der Waals surface area contributed by atoms with Gasteiger partial charge in [0.05, 0.1) is 11.0 Å². The van der Waals surface area contributed by atoms with Gasteiger partial charge in [-0.1, -0.05) is 48.2 Å². The van der Waals surface area contributed by atoms with Crippen LogP contribution in [-0.4, -0.2) is 25.6 Å². The maximum absolute atomic E-state index is 10.3. The van der Waals surface area contributed by atoms with Crippen molar-refractivity contribution in [1.29, 1.82) is 0 Å². The number of aromatic nitrogens is 3. The lowest BCUT2D eigenvalue weighted by molar-refractivity contribution is 0.204. The van der Waals surface area contributed by atoms with Gasteiger partial charge in [-0.3, -0.25) is 0 Å². The Hall–Kier alpha value is -1.63. The predicted molar refractivity (Wildman–Crippen MR) is 91.1 cm³/mol. The summed E-state index contributed by atoms with van der Waals surface area (Å²) < 4.78 is 2.09. The lowest BCUT2D eigenvalue weighted by atomic mass is 10.1. The fourth-order valence-electron chi connectivity index (χ4n) is 2.19. The minimum absolute atomic E-state index is 0.501. The minimum Gasteiger partial charge on any atom is -0.388 e. The third-order valence-electron chi connectivity index (χ3n) is 3.33. The number of hydrogen-bond donors (Lipinski definition) is 1. The number of aliphatic hydroxyl groups excluding tert-OH is 1. The van der Waals surface area contributed by atoms with Crippen molar-refractivity contribution < 1.29 is 5.11 Å². The number of thioether (sulfide) groups is 1. The third kappa shape index (κ3) is 3.24. The monoisotopic (exact) mass is 331 g/mol. The number of rotatable bonds is 6. The van der Waals surface area contributed by atoms with E-state index in [1.165, 1.54) is 11.8 Å². The lowest BCUT2D eigenvalue weighted by Crippen LogP contribution is -2.03. The molecule has 0 saturated carbocycles. The van der Waals surface area contributed by atoms with Crippen LogP contribution in [0.3, 0.4) is 0 Å². The Morgan fingerprint density at radius 3 is 2.68 bits per heavy atom. The lowest BCUT2D eigenvalue weighted by Gasteiger charge is -2.11. The zero-order chi connectivity index (χ0) is 15.4. The molecule has 0 saturated heterocycles. The molecule has 3 aromatic rings. The summed E-state index contributed by atoms with van der Waals surface area (Å²) in [5.41, 5.74) is 0.927. The molecule has 3 rings (SSSR count). The zero-order valence-electron chi connectivity index (χ0n) is 12.2. The van der Waals surface area contributed by atoms with Gasteiger partial charge in [-0.2, -0.15) is 0 Å². The first-order chi connectivity index (χ1) is 10.8. The second-order valence-corrected chi connectivity index (χ2v) is 6.70. The van der Waals surface area contributed by atoms with E-state index in [9.17, 15) is 5.11 Å². The van der Waals surface area contributed by atoms with Crippen LogP contribution < -0.4 is 0 Å². The molecule has 1 unspecified atom stereocenters. The Morgan fingerprint density at radius 1 is 1.18 bits per heavy atom. The van der Waals surface area contributed by atoms with Gasteiger partial charge in [-0.05, 0) is 23.9 Å². The first-order valence-corrected chi connectivity index (χ1v) is 8.99. The number of aliphatic hydroxyl groups is 1. The normalized spacial score (nSPS) is 12.5. The highest BCUT2D eigenvalue weighted by molar-refractivity contribution is 7.99. The fourth-order valence-corrected chi connectivity index (χ4v) is 3.88. The van der Waals surface area contributed by atoms with Crippen LogP contribution >= 0.6 is 23.1 Å². The van der Waals surface area contributed by atoms with Gasteiger partial charge < -0.3 is 9.67 Å². The fraction of sp³-hybridized carbons (Fsp3) is 0.250. The average molecular weight is 331 g/mol. The van der Waals surface area contributed by atoms with Crippen LogP contribution in [0, 0.1) is 0 Å². The van der Waals surface area contributed by atoms with Gasteiger partial charge in [0.25, 0.3) is 0 Å². The van der Waals surface area contributed by atoms with Crippen molar-refractivity contribution in [2.24, 2.45) is 0 Å². The standard InChI is InChI=1S/C16H17N3OS2/c1-2-19-15(14-9-6-10-21-14)17-18-16(19)22-11-13(20)12-7-4-3-5-8-12/h3-10,13,20H,2,11H2,1H3. The van der Waals surface area contributed by atoms with Crippen molar-refractivity contribution in [3.63, 3.8) is 0 Å². The van der Waals surface area contributed by atoms with Gasteiger partial charge in [0, 0.05) is 12.3 Å². The van der Waals surface area contributed by atoms with E-state index in [2.05, 4.69) is 21.7 Å². The van der Waals surface area contributed by atoms with Crippen LogP contribution in [0.5, 0.6) is 0 Å². The maximum atomic E-state index is 10.3. The molecule has 0 radical (unpaired) electrons. The largest absolute Gasteiger partial charge is 0.388 e. The molecule has 2 heterocycles. The van der Waals surface area contributed by atoms with Crippen molar-refractivity contribution >= 4 is 23.1 Å². The topological polar surface area (TPSA) is 50.9 Å². The van der Waals surface area contributed by atoms with Crippen LogP contribution in [0.4, 0.5) is 0 Å². The van der Waals surface area contributed by atoms with E-state index in [-0.39, 0.29) is 0 Å². The number of hydrogen-bond acceptors (Lipinski definition) is 5. The molecule has 0 aliphatic carbocycles. The van der Waals surface area contributed by atoms with E-state index in [1.807, 2.05) is 47.8 Å². The maximum Gasteiger partial charge on any atom is 0.191 e. The number of benzene rings is 1. The summed E-state index contributed by atoms with van der Waals surface area (Å²) in [6.45, 7) is 2.89. The molecule has 1 atom stereocenters. The molecule has 0 bridgehead atoms. The molecule has 1 aromatic carbocycles.